The third kappa shape index (κ3) is 3.97. The first kappa shape index (κ1) is 17.0. The quantitative estimate of drug-likeness (QED) is 0.851. The van der Waals surface area contributed by atoms with E-state index in [9.17, 15) is 4.79 Å². The Hall–Kier alpha value is -1.85. The maximum Gasteiger partial charge on any atom is 0.226 e. The summed E-state index contributed by atoms with van der Waals surface area (Å²) < 4.78 is 5.58. The van der Waals surface area contributed by atoms with Crippen LogP contribution in [0.2, 0.25) is 5.02 Å². The zero-order valence-electron chi connectivity index (χ0n) is 14.0. The Bertz CT molecular complexity index is 689. The molecule has 6 heteroatoms. The molecule has 5 nitrogen and oxygen atoms in total. The second kappa shape index (κ2) is 7.36. The molecule has 24 heavy (non-hydrogen) atoms. The Balaban J connectivity index is 1.56. The predicted molar refractivity (Wildman–Crippen MR) is 93.6 cm³/mol. The minimum Gasteiger partial charge on any atom is -0.444 e. The summed E-state index contributed by atoms with van der Waals surface area (Å²) in [7, 11) is 0. The van der Waals surface area contributed by atoms with E-state index in [4.69, 9.17) is 16.0 Å². The van der Waals surface area contributed by atoms with Gasteiger partial charge < -0.3 is 9.32 Å². The SMILES string of the molecule is CC(C)C(=O)N1CCN(Cc2coc(-c3ccc(Cl)cc3)n2)CC1. The fourth-order valence-electron chi connectivity index (χ4n) is 2.83. The van der Waals surface area contributed by atoms with Gasteiger partial charge in [-0.1, -0.05) is 25.4 Å². The maximum atomic E-state index is 12.0. The Morgan fingerprint density at radius 3 is 2.50 bits per heavy atom. The van der Waals surface area contributed by atoms with Crippen molar-refractivity contribution in [3.05, 3.63) is 41.2 Å². The van der Waals surface area contributed by atoms with Crippen LogP contribution in [0, 0.1) is 5.92 Å². The Kier molecular flexibility index (Phi) is 5.21. The van der Waals surface area contributed by atoms with E-state index in [1.54, 1.807) is 6.26 Å². The first-order valence-electron chi connectivity index (χ1n) is 8.24. The summed E-state index contributed by atoms with van der Waals surface area (Å²) in [5.41, 5.74) is 1.82. The molecule has 0 unspecified atom stereocenters. The molecule has 128 valence electrons. The minimum absolute atomic E-state index is 0.0639. The highest BCUT2D eigenvalue weighted by atomic mass is 35.5. The number of carbonyl (C=O) groups excluding carboxylic acids is 1. The van der Waals surface area contributed by atoms with E-state index in [-0.39, 0.29) is 11.8 Å². The van der Waals surface area contributed by atoms with Gasteiger partial charge in [-0.15, -0.1) is 0 Å². The van der Waals surface area contributed by atoms with Crippen molar-refractivity contribution in [2.75, 3.05) is 26.2 Å². The molecular weight excluding hydrogens is 326 g/mol. The van der Waals surface area contributed by atoms with Crippen LogP contribution in [0.5, 0.6) is 0 Å². The monoisotopic (exact) mass is 347 g/mol. The molecule has 0 N–H and O–H groups in total. The number of aromatic nitrogens is 1. The van der Waals surface area contributed by atoms with Crippen molar-refractivity contribution in [2.45, 2.75) is 20.4 Å². The Labute approximate surface area is 147 Å². The molecule has 3 rings (SSSR count). The van der Waals surface area contributed by atoms with Gasteiger partial charge in [0, 0.05) is 49.2 Å². The number of carbonyl (C=O) groups is 1. The van der Waals surface area contributed by atoms with Gasteiger partial charge >= 0.3 is 0 Å². The fraction of sp³-hybridized carbons (Fsp3) is 0.444. The molecule has 0 spiro atoms. The van der Waals surface area contributed by atoms with Gasteiger partial charge in [-0.05, 0) is 24.3 Å². The van der Waals surface area contributed by atoms with E-state index >= 15 is 0 Å². The fourth-order valence-corrected chi connectivity index (χ4v) is 2.95. The van der Waals surface area contributed by atoms with Crippen molar-refractivity contribution in [1.82, 2.24) is 14.8 Å². The molecule has 0 radical (unpaired) electrons. The average Bonchev–Trinajstić information content (AvgIpc) is 3.04. The van der Waals surface area contributed by atoms with Gasteiger partial charge in [0.1, 0.15) is 6.26 Å². The van der Waals surface area contributed by atoms with Crippen molar-refractivity contribution in [3.8, 4) is 11.5 Å². The molecule has 2 aromatic rings. The molecule has 1 fully saturated rings. The van der Waals surface area contributed by atoms with Gasteiger partial charge in [0.05, 0.1) is 5.69 Å². The van der Waals surface area contributed by atoms with Gasteiger partial charge in [-0.3, -0.25) is 9.69 Å². The van der Waals surface area contributed by atoms with E-state index < -0.39 is 0 Å². The lowest BCUT2D eigenvalue weighted by molar-refractivity contribution is -0.136. The lowest BCUT2D eigenvalue weighted by Gasteiger charge is -2.35. The first-order valence-corrected chi connectivity index (χ1v) is 8.62. The van der Waals surface area contributed by atoms with Gasteiger partial charge in [0.15, 0.2) is 0 Å². The van der Waals surface area contributed by atoms with Crippen LogP contribution in [0.4, 0.5) is 0 Å². The highest BCUT2D eigenvalue weighted by Crippen LogP contribution is 2.21. The number of amides is 1. The first-order chi connectivity index (χ1) is 11.5. The second-order valence-corrected chi connectivity index (χ2v) is 6.84. The van der Waals surface area contributed by atoms with Crippen molar-refractivity contribution >= 4 is 17.5 Å². The molecule has 1 aliphatic rings. The summed E-state index contributed by atoms with van der Waals surface area (Å²) >= 11 is 5.90. The third-order valence-electron chi connectivity index (χ3n) is 4.21. The maximum absolute atomic E-state index is 12.0. The van der Waals surface area contributed by atoms with Crippen LogP contribution in [-0.4, -0.2) is 46.9 Å². The predicted octanol–water partition coefficient (Wildman–Crippen LogP) is 3.30. The molecule has 2 heterocycles. The molecular formula is C18H22ClN3O2. The Morgan fingerprint density at radius 2 is 1.88 bits per heavy atom. The summed E-state index contributed by atoms with van der Waals surface area (Å²) in [6.45, 7) is 7.91. The van der Waals surface area contributed by atoms with Crippen molar-refractivity contribution in [1.29, 1.82) is 0 Å². The number of rotatable bonds is 4. The number of oxazole rings is 1. The summed E-state index contributed by atoms with van der Waals surface area (Å²) in [5.74, 6) is 0.908. The number of piperazine rings is 1. The van der Waals surface area contributed by atoms with E-state index in [2.05, 4.69) is 9.88 Å². The number of hydrogen-bond acceptors (Lipinski definition) is 4. The molecule has 0 atom stereocenters. The molecule has 0 aliphatic carbocycles. The van der Waals surface area contributed by atoms with Gasteiger partial charge in [0.2, 0.25) is 11.8 Å². The van der Waals surface area contributed by atoms with Crippen LogP contribution in [0.1, 0.15) is 19.5 Å². The molecule has 1 aliphatic heterocycles. The summed E-state index contributed by atoms with van der Waals surface area (Å²) in [5, 5.41) is 0.694. The highest BCUT2D eigenvalue weighted by Gasteiger charge is 2.23. The number of benzene rings is 1. The molecule has 0 saturated carbocycles. The lowest BCUT2D eigenvalue weighted by Crippen LogP contribution is -2.49. The van der Waals surface area contributed by atoms with E-state index in [0.717, 1.165) is 44.0 Å². The van der Waals surface area contributed by atoms with Crippen molar-refractivity contribution in [2.24, 2.45) is 5.92 Å². The standard InChI is InChI=1S/C18H22ClN3O2/c1-13(2)18(23)22-9-7-21(8-10-22)11-16-12-24-17(20-16)14-3-5-15(19)6-4-14/h3-6,12-13H,7-11H2,1-2H3. The van der Waals surface area contributed by atoms with Crippen molar-refractivity contribution in [3.63, 3.8) is 0 Å². The molecule has 1 saturated heterocycles. The molecule has 1 aromatic carbocycles. The molecule has 1 amide bonds. The highest BCUT2D eigenvalue weighted by molar-refractivity contribution is 6.30. The second-order valence-electron chi connectivity index (χ2n) is 6.41. The van der Waals surface area contributed by atoms with Gasteiger partial charge in [-0.25, -0.2) is 4.98 Å². The number of halogens is 1. The zero-order chi connectivity index (χ0) is 17.1. The molecule has 0 bridgehead atoms. The molecule has 1 aromatic heterocycles. The van der Waals surface area contributed by atoms with Crippen LogP contribution >= 0.6 is 11.6 Å². The third-order valence-corrected chi connectivity index (χ3v) is 4.46. The Morgan fingerprint density at radius 1 is 1.21 bits per heavy atom. The number of hydrogen-bond donors (Lipinski definition) is 0. The van der Waals surface area contributed by atoms with E-state index in [1.165, 1.54) is 0 Å². The van der Waals surface area contributed by atoms with Crippen LogP contribution in [0.25, 0.3) is 11.5 Å². The van der Waals surface area contributed by atoms with Gasteiger partial charge in [0.25, 0.3) is 0 Å². The minimum atomic E-state index is 0.0639. The summed E-state index contributed by atoms with van der Waals surface area (Å²) in [4.78, 5) is 20.8. The van der Waals surface area contributed by atoms with Gasteiger partial charge in [-0.2, -0.15) is 0 Å². The van der Waals surface area contributed by atoms with E-state index in [1.807, 2.05) is 43.0 Å². The normalized spacial score (nSPS) is 15.9. The van der Waals surface area contributed by atoms with Crippen LogP contribution in [0.15, 0.2) is 34.9 Å². The number of nitrogens with zero attached hydrogens (tertiary/aromatic N) is 3. The zero-order valence-corrected chi connectivity index (χ0v) is 14.8. The van der Waals surface area contributed by atoms with Crippen LogP contribution in [-0.2, 0) is 11.3 Å². The largest absolute Gasteiger partial charge is 0.444 e. The average molecular weight is 348 g/mol. The van der Waals surface area contributed by atoms with Crippen LogP contribution < -0.4 is 0 Å². The lowest BCUT2D eigenvalue weighted by atomic mass is 10.1. The van der Waals surface area contributed by atoms with Crippen molar-refractivity contribution < 1.29 is 9.21 Å². The summed E-state index contributed by atoms with van der Waals surface area (Å²) in [6.07, 6.45) is 1.70. The summed E-state index contributed by atoms with van der Waals surface area (Å²) in [6, 6.07) is 7.44. The van der Waals surface area contributed by atoms with Crippen LogP contribution in [0.3, 0.4) is 0 Å². The smallest absolute Gasteiger partial charge is 0.226 e. The topological polar surface area (TPSA) is 49.6 Å². The van der Waals surface area contributed by atoms with E-state index in [0.29, 0.717) is 10.9 Å².